The van der Waals surface area contributed by atoms with Crippen molar-refractivity contribution in [3.05, 3.63) is 22.7 Å². The molecule has 0 aliphatic carbocycles. The Labute approximate surface area is 117 Å². The molecule has 0 aliphatic rings. The molecule has 0 atom stereocenters. The van der Waals surface area contributed by atoms with Crippen molar-refractivity contribution in [1.29, 1.82) is 0 Å². The summed E-state index contributed by atoms with van der Waals surface area (Å²) < 4.78 is 23.7. The molecule has 4 nitrogen and oxygen atoms in total. The zero-order valence-electron chi connectivity index (χ0n) is 13.1. The van der Waals surface area contributed by atoms with Crippen molar-refractivity contribution in [2.75, 3.05) is 19.8 Å². The van der Waals surface area contributed by atoms with Crippen LogP contribution < -0.4 is 5.32 Å². The minimum absolute atomic E-state index is 0.360. The smallest absolute Gasteiger partial charge is 0.363 e. The van der Waals surface area contributed by atoms with Crippen LogP contribution in [-0.4, -0.2) is 19.8 Å². The largest absolute Gasteiger partial charge is 0.384 e. The molecule has 0 aromatic heterocycles. The first kappa shape index (κ1) is 18.4. The average Bonchev–Trinajstić information content (AvgIpc) is 2.34. The van der Waals surface area contributed by atoms with E-state index < -0.39 is 7.60 Å². The van der Waals surface area contributed by atoms with E-state index in [1.54, 1.807) is 0 Å². The van der Waals surface area contributed by atoms with Gasteiger partial charge in [-0.25, -0.2) is 0 Å². The van der Waals surface area contributed by atoms with Gasteiger partial charge in [0, 0.05) is 12.2 Å². The van der Waals surface area contributed by atoms with Crippen LogP contribution in [0.2, 0.25) is 0 Å². The molecule has 5 heteroatoms. The first-order chi connectivity index (χ1) is 8.96. The minimum atomic E-state index is -3.24. The lowest BCUT2D eigenvalue weighted by molar-refractivity contribution is 0.226. The summed E-state index contributed by atoms with van der Waals surface area (Å²) in [5, 5.41) is 3.95. The molecular formula is C14H28NO3P. The van der Waals surface area contributed by atoms with Crippen LogP contribution in [0.15, 0.2) is 22.7 Å². The molecule has 0 fully saturated rings. The van der Waals surface area contributed by atoms with Crippen LogP contribution in [0.3, 0.4) is 0 Å². The van der Waals surface area contributed by atoms with Gasteiger partial charge in [0.25, 0.3) is 0 Å². The summed E-state index contributed by atoms with van der Waals surface area (Å²) in [5.74, 6) is 0. The second-order valence-corrected chi connectivity index (χ2v) is 6.30. The number of rotatable bonds is 9. The molecule has 0 bridgehead atoms. The van der Waals surface area contributed by atoms with Crippen LogP contribution in [0.25, 0.3) is 0 Å². The van der Waals surface area contributed by atoms with Crippen LogP contribution in [0.5, 0.6) is 0 Å². The van der Waals surface area contributed by atoms with E-state index in [1.807, 2.05) is 40.7 Å². The van der Waals surface area contributed by atoms with Crippen LogP contribution in [0.4, 0.5) is 0 Å². The highest BCUT2D eigenvalue weighted by molar-refractivity contribution is 7.58. The van der Waals surface area contributed by atoms with E-state index in [0.717, 1.165) is 24.2 Å². The van der Waals surface area contributed by atoms with Gasteiger partial charge in [-0.3, -0.25) is 4.57 Å². The summed E-state index contributed by atoms with van der Waals surface area (Å²) in [6, 6.07) is 0. The molecule has 112 valence electrons. The normalized spacial score (nSPS) is 12.4. The summed E-state index contributed by atoms with van der Waals surface area (Å²) in [6.07, 6.45) is 2.82. The third kappa shape index (κ3) is 5.52. The minimum Gasteiger partial charge on any atom is -0.384 e. The maximum Gasteiger partial charge on any atom is 0.363 e. The predicted molar refractivity (Wildman–Crippen MR) is 81.3 cm³/mol. The van der Waals surface area contributed by atoms with E-state index >= 15 is 0 Å². The number of hydrogen-bond donors (Lipinski definition) is 1. The van der Waals surface area contributed by atoms with Gasteiger partial charge < -0.3 is 14.4 Å². The monoisotopic (exact) mass is 289 g/mol. The van der Waals surface area contributed by atoms with Gasteiger partial charge in [0.05, 0.1) is 18.5 Å². The summed E-state index contributed by atoms with van der Waals surface area (Å²) >= 11 is 0. The van der Waals surface area contributed by atoms with E-state index in [-0.39, 0.29) is 0 Å². The number of nitrogens with one attached hydrogen (secondary N) is 1. The Hall–Kier alpha value is -0.570. The summed E-state index contributed by atoms with van der Waals surface area (Å²) in [6.45, 7) is 13.1. The molecule has 0 aromatic rings. The maximum atomic E-state index is 12.9. The number of allylic oxidation sites excluding steroid dienone is 3. The second kappa shape index (κ2) is 9.35. The molecule has 19 heavy (non-hydrogen) atoms. The van der Waals surface area contributed by atoms with Crippen molar-refractivity contribution in [2.24, 2.45) is 0 Å². The first-order valence-corrected chi connectivity index (χ1v) is 8.48. The molecular weight excluding hydrogens is 261 g/mol. The fraction of sp³-hybridized carbons (Fsp3) is 0.714. The van der Waals surface area contributed by atoms with Crippen molar-refractivity contribution < 1.29 is 13.6 Å². The third-order valence-corrected chi connectivity index (χ3v) is 4.74. The van der Waals surface area contributed by atoms with Crippen LogP contribution >= 0.6 is 7.60 Å². The SMILES string of the molecule is CC=C(C(NCCC)=C(C)C)P(=O)(OCC)OCC. The second-order valence-electron chi connectivity index (χ2n) is 4.31. The van der Waals surface area contributed by atoms with Crippen molar-refractivity contribution in [3.63, 3.8) is 0 Å². The Bertz CT molecular complexity index is 361. The summed E-state index contributed by atoms with van der Waals surface area (Å²) in [7, 11) is -3.24. The van der Waals surface area contributed by atoms with E-state index in [0.29, 0.717) is 18.5 Å². The van der Waals surface area contributed by atoms with E-state index in [1.165, 1.54) is 0 Å². The molecule has 0 spiro atoms. The third-order valence-electron chi connectivity index (χ3n) is 2.47. The molecule has 0 unspecified atom stereocenters. The van der Waals surface area contributed by atoms with Gasteiger partial charge in [0.1, 0.15) is 0 Å². The molecule has 0 saturated carbocycles. The predicted octanol–water partition coefficient (Wildman–Crippen LogP) is 4.45. The Kier molecular flexibility index (Phi) is 9.07. The molecule has 1 N–H and O–H groups in total. The fourth-order valence-electron chi connectivity index (χ4n) is 1.73. The lowest BCUT2D eigenvalue weighted by atomic mass is 10.2. The fourth-order valence-corrected chi connectivity index (χ4v) is 3.65. The molecule has 0 radical (unpaired) electrons. The van der Waals surface area contributed by atoms with Gasteiger partial charge in [0.15, 0.2) is 0 Å². The first-order valence-electron chi connectivity index (χ1n) is 6.94. The zero-order valence-corrected chi connectivity index (χ0v) is 14.0. The lowest BCUT2D eigenvalue weighted by Gasteiger charge is -2.23. The molecule has 0 aliphatic heterocycles. The Morgan fingerprint density at radius 2 is 1.68 bits per heavy atom. The highest BCUT2D eigenvalue weighted by Crippen LogP contribution is 2.58. The van der Waals surface area contributed by atoms with Crippen LogP contribution in [0, 0.1) is 0 Å². The van der Waals surface area contributed by atoms with Crippen molar-refractivity contribution in [1.82, 2.24) is 5.32 Å². The van der Waals surface area contributed by atoms with E-state index in [4.69, 9.17) is 9.05 Å². The van der Waals surface area contributed by atoms with Gasteiger partial charge in [-0.15, -0.1) is 0 Å². The van der Waals surface area contributed by atoms with Crippen molar-refractivity contribution >= 4 is 7.60 Å². The Morgan fingerprint density at radius 3 is 2.00 bits per heavy atom. The zero-order chi connectivity index (χ0) is 14.9. The Morgan fingerprint density at radius 1 is 1.16 bits per heavy atom. The van der Waals surface area contributed by atoms with Gasteiger partial charge >= 0.3 is 7.60 Å². The number of hydrogen-bond acceptors (Lipinski definition) is 4. The topological polar surface area (TPSA) is 47.6 Å². The maximum absolute atomic E-state index is 12.9. The van der Waals surface area contributed by atoms with Crippen molar-refractivity contribution in [3.8, 4) is 0 Å². The van der Waals surface area contributed by atoms with Crippen LogP contribution in [0.1, 0.15) is 48.0 Å². The molecule has 0 saturated heterocycles. The summed E-state index contributed by atoms with van der Waals surface area (Å²) in [4.78, 5) is 0. The standard InChI is InChI=1S/C14H28NO3P/c1-7-11-15-14(12(5)6)13(8-2)19(16,17-9-3)18-10-4/h8,15H,7,9-11H2,1-6H3. The molecule has 0 rings (SSSR count). The van der Waals surface area contributed by atoms with Gasteiger partial charge in [-0.1, -0.05) is 18.6 Å². The van der Waals surface area contributed by atoms with Gasteiger partial charge in [0.2, 0.25) is 0 Å². The molecule has 0 amide bonds. The molecule has 0 heterocycles. The summed E-state index contributed by atoms with van der Waals surface area (Å²) in [5.41, 5.74) is 1.94. The average molecular weight is 289 g/mol. The highest BCUT2D eigenvalue weighted by Gasteiger charge is 2.31. The Balaban J connectivity index is 5.47. The molecule has 0 aromatic carbocycles. The van der Waals surface area contributed by atoms with Crippen LogP contribution in [-0.2, 0) is 13.6 Å². The van der Waals surface area contributed by atoms with E-state index in [9.17, 15) is 4.57 Å². The highest BCUT2D eigenvalue weighted by atomic mass is 31.2. The quantitative estimate of drug-likeness (QED) is 0.503. The van der Waals surface area contributed by atoms with E-state index in [2.05, 4.69) is 12.2 Å². The van der Waals surface area contributed by atoms with Gasteiger partial charge in [-0.05, 0) is 41.0 Å². The lowest BCUT2D eigenvalue weighted by Crippen LogP contribution is -2.18. The van der Waals surface area contributed by atoms with Crippen molar-refractivity contribution in [2.45, 2.75) is 48.0 Å². The van der Waals surface area contributed by atoms with Gasteiger partial charge in [-0.2, -0.15) is 0 Å².